The highest BCUT2D eigenvalue weighted by Gasteiger charge is 2.58. The molecule has 9 nitrogen and oxygen atoms in total. The van der Waals surface area contributed by atoms with E-state index < -0.39 is 49.0 Å². The Morgan fingerprint density at radius 1 is 1.23 bits per heavy atom. The molecule has 0 amide bonds. The third kappa shape index (κ3) is 3.50. The Morgan fingerprint density at radius 2 is 1.93 bits per heavy atom. The van der Waals surface area contributed by atoms with Gasteiger partial charge in [0.25, 0.3) is 0 Å². The molecule has 170 valence electrons. The summed E-state index contributed by atoms with van der Waals surface area (Å²) < 4.78 is 17.1. The van der Waals surface area contributed by atoms with Crippen LogP contribution >= 0.6 is 0 Å². The van der Waals surface area contributed by atoms with Gasteiger partial charge in [-0.2, -0.15) is 0 Å². The molecule has 2 saturated carbocycles. The van der Waals surface area contributed by atoms with Crippen LogP contribution in [0.25, 0.3) is 0 Å². The van der Waals surface area contributed by atoms with E-state index in [4.69, 9.17) is 14.2 Å². The predicted octanol–water partition coefficient (Wildman–Crippen LogP) is -0.914. The SMILES string of the molecule is C=C1C[C@@H]2OC(=O)[C@@H](C)[C@H]2C[C@@H]2[C@H]1[C@H](O[C@@H]1O[C@H](CO)[C@@H](O)[C@H](O)[C@H]1O)C[C@@]2(C)O. The first-order chi connectivity index (χ1) is 14.0. The van der Waals surface area contributed by atoms with Crippen LogP contribution in [0.15, 0.2) is 12.2 Å². The van der Waals surface area contributed by atoms with Crippen molar-refractivity contribution in [2.24, 2.45) is 23.7 Å². The summed E-state index contributed by atoms with van der Waals surface area (Å²) in [6, 6.07) is 0. The standard InChI is InChI=1S/C21H32O9/c1-8-4-12-10(9(2)19(26)28-12)5-11-15(8)13(6-21(11,3)27)29-20-18(25)17(24)16(23)14(7-22)30-20/h9-18,20,22-25,27H,1,4-7H2,2-3H3/t9-,10+,11+,12-,13+,14+,15-,16+,17-,18+,20+,21+/m0/s1. The normalized spacial score (nSPS) is 53.8. The Hall–Kier alpha value is -1.07. The van der Waals surface area contributed by atoms with E-state index in [1.165, 1.54) is 0 Å². The average molecular weight is 428 g/mol. The van der Waals surface area contributed by atoms with Gasteiger partial charge in [-0.25, -0.2) is 0 Å². The van der Waals surface area contributed by atoms with Crippen molar-refractivity contribution in [3.8, 4) is 0 Å². The van der Waals surface area contributed by atoms with Gasteiger partial charge in [0.15, 0.2) is 6.29 Å². The van der Waals surface area contributed by atoms with E-state index in [9.17, 15) is 30.3 Å². The molecule has 0 unspecified atom stereocenters. The monoisotopic (exact) mass is 428 g/mol. The molecule has 2 saturated heterocycles. The van der Waals surface area contributed by atoms with Crippen LogP contribution in [0, 0.1) is 23.7 Å². The van der Waals surface area contributed by atoms with Crippen LogP contribution in [0.5, 0.6) is 0 Å². The average Bonchev–Trinajstić information content (AvgIpc) is 3.01. The van der Waals surface area contributed by atoms with Crippen LogP contribution in [-0.2, 0) is 19.0 Å². The fourth-order valence-electron chi connectivity index (χ4n) is 5.84. The topological polar surface area (TPSA) is 146 Å². The Labute approximate surface area is 175 Å². The molecule has 0 spiro atoms. The van der Waals surface area contributed by atoms with Gasteiger partial charge in [0.1, 0.15) is 30.5 Å². The summed E-state index contributed by atoms with van der Waals surface area (Å²) in [5.74, 6) is -0.941. The molecule has 0 bridgehead atoms. The first-order valence-electron chi connectivity index (χ1n) is 10.6. The summed E-state index contributed by atoms with van der Waals surface area (Å²) in [7, 11) is 0. The number of aliphatic hydroxyl groups excluding tert-OH is 4. The molecular formula is C21H32O9. The molecule has 30 heavy (non-hydrogen) atoms. The second-order valence-corrected chi connectivity index (χ2v) is 9.59. The maximum atomic E-state index is 12.0. The van der Waals surface area contributed by atoms with E-state index in [0.717, 1.165) is 5.57 Å². The van der Waals surface area contributed by atoms with Crippen LogP contribution < -0.4 is 0 Å². The van der Waals surface area contributed by atoms with Gasteiger partial charge in [-0.1, -0.05) is 19.1 Å². The van der Waals surface area contributed by atoms with E-state index in [2.05, 4.69) is 6.58 Å². The van der Waals surface area contributed by atoms with Crippen molar-refractivity contribution in [3.63, 3.8) is 0 Å². The highest BCUT2D eigenvalue weighted by Crippen LogP contribution is 2.54. The summed E-state index contributed by atoms with van der Waals surface area (Å²) in [6.07, 6.45) is -6.34. The summed E-state index contributed by atoms with van der Waals surface area (Å²) in [6.45, 7) is 7.24. The predicted molar refractivity (Wildman–Crippen MR) is 102 cm³/mol. The first-order valence-corrected chi connectivity index (χ1v) is 10.6. The summed E-state index contributed by atoms with van der Waals surface area (Å²) >= 11 is 0. The Bertz CT molecular complexity index is 692. The zero-order valence-corrected chi connectivity index (χ0v) is 17.3. The zero-order valence-electron chi connectivity index (χ0n) is 17.3. The molecule has 2 heterocycles. The number of hydrogen-bond donors (Lipinski definition) is 5. The van der Waals surface area contributed by atoms with Crippen LogP contribution in [0.4, 0.5) is 0 Å². The van der Waals surface area contributed by atoms with Crippen molar-refractivity contribution in [1.29, 1.82) is 0 Å². The molecule has 0 radical (unpaired) electrons. The molecule has 4 aliphatic rings. The fraction of sp³-hybridized carbons (Fsp3) is 0.857. The minimum atomic E-state index is -1.53. The summed E-state index contributed by atoms with van der Waals surface area (Å²) in [4.78, 5) is 12.0. The van der Waals surface area contributed by atoms with E-state index in [-0.39, 0.29) is 42.2 Å². The lowest BCUT2D eigenvalue weighted by Crippen LogP contribution is -2.59. The number of rotatable bonds is 3. The van der Waals surface area contributed by atoms with Crippen molar-refractivity contribution in [1.82, 2.24) is 0 Å². The van der Waals surface area contributed by atoms with E-state index >= 15 is 0 Å². The van der Waals surface area contributed by atoms with Crippen LogP contribution in [0.3, 0.4) is 0 Å². The maximum Gasteiger partial charge on any atom is 0.309 e. The molecule has 4 fully saturated rings. The largest absolute Gasteiger partial charge is 0.461 e. The second kappa shape index (κ2) is 7.81. The van der Waals surface area contributed by atoms with Gasteiger partial charge in [-0.05, 0) is 19.3 Å². The molecule has 12 atom stereocenters. The van der Waals surface area contributed by atoms with Gasteiger partial charge in [-0.3, -0.25) is 4.79 Å². The highest BCUT2D eigenvalue weighted by molar-refractivity contribution is 5.75. The van der Waals surface area contributed by atoms with Crippen molar-refractivity contribution in [2.75, 3.05) is 6.61 Å². The molecule has 0 aromatic heterocycles. The number of fused-ring (bicyclic) bond motifs is 2. The number of aliphatic hydroxyl groups is 5. The lowest BCUT2D eigenvalue weighted by molar-refractivity contribution is -0.313. The number of ether oxygens (including phenoxy) is 3. The van der Waals surface area contributed by atoms with Gasteiger partial charge < -0.3 is 39.7 Å². The Morgan fingerprint density at radius 3 is 2.60 bits per heavy atom. The van der Waals surface area contributed by atoms with Gasteiger partial charge in [0.2, 0.25) is 0 Å². The van der Waals surface area contributed by atoms with E-state index in [1.54, 1.807) is 6.92 Å². The Balaban J connectivity index is 1.56. The van der Waals surface area contributed by atoms with E-state index in [1.807, 2.05) is 6.92 Å². The van der Waals surface area contributed by atoms with Crippen molar-refractivity contribution in [3.05, 3.63) is 12.2 Å². The van der Waals surface area contributed by atoms with Crippen molar-refractivity contribution in [2.45, 2.75) is 81.6 Å². The molecule has 4 rings (SSSR count). The maximum absolute atomic E-state index is 12.0. The van der Waals surface area contributed by atoms with Gasteiger partial charge in [0.05, 0.1) is 24.2 Å². The molecular weight excluding hydrogens is 396 g/mol. The van der Waals surface area contributed by atoms with Crippen LogP contribution in [0.1, 0.15) is 33.1 Å². The van der Waals surface area contributed by atoms with Gasteiger partial charge in [-0.15, -0.1) is 0 Å². The van der Waals surface area contributed by atoms with Crippen LogP contribution in [-0.4, -0.2) is 86.6 Å². The molecule has 5 N–H and O–H groups in total. The summed E-state index contributed by atoms with van der Waals surface area (Å²) in [5, 5.41) is 51.0. The van der Waals surface area contributed by atoms with E-state index in [0.29, 0.717) is 12.8 Å². The number of hydrogen-bond acceptors (Lipinski definition) is 9. The molecule has 2 aliphatic heterocycles. The van der Waals surface area contributed by atoms with Gasteiger partial charge >= 0.3 is 5.97 Å². The Kier molecular flexibility index (Phi) is 5.76. The number of carbonyl (C=O) groups is 1. The van der Waals surface area contributed by atoms with Crippen LogP contribution in [0.2, 0.25) is 0 Å². The molecule has 0 aromatic carbocycles. The first kappa shape index (κ1) is 22.1. The summed E-state index contributed by atoms with van der Waals surface area (Å²) in [5.41, 5.74) is -0.283. The lowest BCUT2D eigenvalue weighted by atomic mass is 9.77. The van der Waals surface area contributed by atoms with Gasteiger partial charge in [0, 0.05) is 24.7 Å². The number of carbonyl (C=O) groups excluding carboxylic acids is 1. The minimum Gasteiger partial charge on any atom is -0.461 e. The molecule has 9 heteroatoms. The number of esters is 1. The van der Waals surface area contributed by atoms with Crippen molar-refractivity contribution < 1.29 is 44.5 Å². The van der Waals surface area contributed by atoms with Crippen molar-refractivity contribution >= 4 is 5.97 Å². The highest BCUT2D eigenvalue weighted by atomic mass is 16.7. The minimum absolute atomic E-state index is 0.0123. The quantitative estimate of drug-likeness (QED) is 0.285. The third-order valence-corrected chi connectivity index (χ3v) is 7.62. The molecule has 0 aromatic rings. The zero-order chi connectivity index (χ0) is 22.0. The fourth-order valence-corrected chi connectivity index (χ4v) is 5.84. The smallest absolute Gasteiger partial charge is 0.309 e. The lowest BCUT2D eigenvalue weighted by Gasteiger charge is -2.41. The molecule has 2 aliphatic carbocycles. The third-order valence-electron chi connectivity index (χ3n) is 7.62. The second-order valence-electron chi connectivity index (χ2n) is 9.59.